The minimum absolute atomic E-state index is 0.126. The number of hydrogen-bond acceptors (Lipinski definition) is 4. The third-order valence-electron chi connectivity index (χ3n) is 1.87. The van der Waals surface area contributed by atoms with E-state index in [1.54, 1.807) is 14.0 Å². The minimum Gasteiger partial charge on any atom is -0.344 e. The Morgan fingerprint density at radius 2 is 2.00 bits per heavy atom. The quantitative estimate of drug-likeness (QED) is 0.495. The summed E-state index contributed by atoms with van der Waals surface area (Å²) in [6.07, 6.45) is 0. The van der Waals surface area contributed by atoms with Crippen LogP contribution in [-0.2, 0) is 9.59 Å². The molecule has 0 rings (SSSR count). The van der Waals surface area contributed by atoms with Gasteiger partial charge >= 0.3 is 0 Å². The highest BCUT2D eigenvalue weighted by Crippen LogP contribution is 1.86. The van der Waals surface area contributed by atoms with Crippen LogP contribution in [0.3, 0.4) is 0 Å². The fraction of sp³-hybridized carbons (Fsp3) is 0.750. The molecule has 0 aromatic carbocycles. The van der Waals surface area contributed by atoms with Crippen LogP contribution in [0.15, 0.2) is 0 Å². The van der Waals surface area contributed by atoms with E-state index in [1.807, 2.05) is 0 Å². The number of rotatable bonds is 5. The monoisotopic (exact) mass is 187 g/mol. The van der Waals surface area contributed by atoms with Crippen molar-refractivity contribution in [1.29, 1.82) is 0 Å². The van der Waals surface area contributed by atoms with Crippen LogP contribution >= 0.6 is 0 Å². The largest absolute Gasteiger partial charge is 0.344 e. The van der Waals surface area contributed by atoms with E-state index in [2.05, 4.69) is 10.6 Å². The minimum atomic E-state index is -0.566. The highest BCUT2D eigenvalue weighted by Gasteiger charge is 2.17. The lowest BCUT2D eigenvalue weighted by Gasteiger charge is -2.16. The Balaban J connectivity index is 4.09. The Hall–Kier alpha value is -0.940. The zero-order valence-corrected chi connectivity index (χ0v) is 8.26. The van der Waals surface area contributed by atoms with Gasteiger partial charge in [-0.05, 0) is 20.9 Å². The second-order valence-corrected chi connectivity index (χ2v) is 2.92. The SMILES string of the molecule is CNC(C)C(=O)NC(CN)C(C)=O. The van der Waals surface area contributed by atoms with Crippen LogP contribution in [0, 0.1) is 0 Å². The topological polar surface area (TPSA) is 84.2 Å². The molecule has 0 bridgehead atoms. The summed E-state index contributed by atoms with van der Waals surface area (Å²) >= 11 is 0. The first kappa shape index (κ1) is 12.1. The maximum absolute atomic E-state index is 11.3. The van der Waals surface area contributed by atoms with E-state index in [0.29, 0.717) is 0 Å². The van der Waals surface area contributed by atoms with Gasteiger partial charge in [0.15, 0.2) is 5.78 Å². The standard InChI is InChI=1S/C8H17N3O2/c1-5(10-3)8(13)11-7(4-9)6(2)12/h5,7,10H,4,9H2,1-3H3,(H,11,13). The van der Waals surface area contributed by atoms with Crippen LogP contribution in [0.4, 0.5) is 0 Å². The molecule has 13 heavy (non-hydrogen) atoms. The van der Waals surface area contributed by atoms with E-state index in [0.717, 1.165) is 0 Å². The number of hydrogen-bond donors (Lipinski definition) is 3. The Labute approximate surface area is 78.1 Å². The molecule has 0 aliphatic rings. The Morgan fingerprint density at radius 3 is 2.31 bits per heavy atom. The van der Waals surface area contributed by atoms with Gasteiger partial charge < -0.3 is 16.4 Å². The molecule has 0 aliphatic heterocycles. The molecule has 2 atom stereocenters. The highest BCUT2D eigenvalue weighted by atomic mass is 16.2. The zero-order valence-electron chi connectivity index (χ0n) is 8.26. The Bertz CT molecular complexity index is 194. The summed E-state index contributed by atoms with van der Waals surface area (Å²) in [5.74, 6) is -0.340. The van der Waals surface area contributed by atoms with Gasteiger partial charge in [0.05, 0.1) is 12.1 Å². The van der Waals surface area contributed by atoms with Crippen molar-refractivity contribution < 1.29 is 9.59 Å². The number of Topliss-reactive ketones (excluding diaryl/α,β-unsaturated/α-hetero) is 1. The van der Waals surface area contributed by atoms with Crippen LogP contribution in [0.2, 0.25) is 0 Å². The van der Waals surface area contributed by atoms with Gasteiger partial charge in [-0.2, -0.15) is 0 Å². The summed E-state index contributed by atoms with van der Waals surface area (Å²) in [7, 11) is 1.68. The first-order valence-corrected chi connectivity index (χ1v) is 4.21. The third-order valence-corrected chi connectivity index (χ3v) is 1.87. The van der Waals surface area contributed by atoms with E-state index in [1.165, 1.54) is 6.92 Å². The van der Waals surface area contributed by atoms with E-state index in [-0.39, 0.29) is 24.3 Å². The summed E-state index contributed by atoms with van der Waals surface area (Å²) in [4.78, 5) is 22.2. The lowest BCUT2D eigenvalue weighted by Crippen LogP contribution is -2.50. The number of nitrogens with one attached hydrogen (secondary N) is 2. The van der Waals surface area contributed by atoms with Crippen LogP contribution < -0.4 is 16.4 Å². The molecular weight excluding hydrogens is 170 g/mol. The van der Waals surface area contributed by atoms with Crippen molar-refractivity contribution in [3.05, 3.63) is 0 Å². The van der Waals surface area contributed by atoms with E-state index in [9.17, 15) is 9.59 Å². The summed E-state index contributed by atoms with van der Waals surface area (Å²) in [6, 6.07) is -0.878. The van der Waals surface area contributed by atoms with Crippen molar-refractivity contribution in [2.45, 2.75) is 25.9 Å². The predicted molar refractivity (Wildman–Crippen MR) is 50.2 cm³/mol. The van der Waals surface area contributed by atoms with Crippen LogP contribution in [0.5, 0.6) is 0 Å². The first-order chi connectivity index (χ1) is 6.02. The van der Waals surface area contributed by atoms with Gasteiger partial charge in [-0.3, -0.25) is 9.59 Å². The lowest BCUT2D eigenvalue weighted by molar-refractivity contribution is -0.127. The number of likely N-dealkylation sites (N-methyl/N-ethyl adjacent to an activating group) is 1. The molecule has 5 heteroatoms. The van der Waals surface area contributed by atoms with Crippen molar-refractivity contribution in [1.82, 2.24) is 10.6 Å². The highest BCUT2D eigenvalue weighted by molar-refractivity contribution is 5.89. The number of amides is 1. The van der Waals surface area contributed by atoms with E-state index < -0.39 is 6.04 Å². The second-order valence-electron chi connectivity index (χ2n) is 2.92. The van der Waals surface area contributed by atoms with Crippen molar-refractivity contribution in [2.75, 3.05) is 13.6 Å². The van der Waals surface area contributed by atoms with E-state index in [4.69, 9.17) is 5.73 Å². The normalized spacial score (nSPS) is 14.8. The number of carbonyl (C=O) groups excluding carboxylic acids is 2. The van der Waals surface area contributed by atoms with Crippen molar-refractivity contribution in [3.63, 3.8) is 0 Å². The van der Waals surface area contributed by atoms with Gasteiger partial charge in [-0.1, -0.05) is 0 Å². The lowest BCUT2D eigenvalue weighted by atomic mass is 10.2. The average molecular weight is 187 g/mol. The van der Waals surface area contributed by atoms with Crippen molar-refractivity contribution >= 4 is 11.7 Å². The smallest absolute Gasteiger partial charge is 0.237 e. The molecule has 2 unspecified atom stereocenters. The summed E-state index contributed by atoms with van der Waals surface area (Å²) in [6.45, 7) is 3.25. The Kier molecular flexibility index (Phi) is 5.25. The van der Waals surface area contributed by atoms with Crippen molar-refractivity contribution in [2.24, 2.45) is 5.73 Å². The van der Waals surface area contributed by atoms with Crippen molar-refractivity contribution in [3.8, 4) is 0 Å². The third kappa shape index (κ3) is 4.00. The van der Waals surface area contributed by atoms with E-state index >= 15 is 0 Å². The summed E-state index contributed by atoms with van der Waals surface area (Å²) in [5.41, 5.74) is 5.31. The second kappa shape index (κ2) is 5.66. The maximum atomic E-state index is 11.3. The van der Waals surface area contributed by atoms with Crippen LogP contribution in [-0.4, -0.2) is 37.4 Å². The molecule has 0 aromatic heterocycles. The molecule has 5 nitrogen and oxygen atoms in total. The molecule has 1 amide bonds. The van der Waals surface area contributed by atoms with Crippen LogP contribution in [0.1, 0.15) is 13.8 Å². The van der Waals surface area contributed by atoms with Gasteiger partial charge in [0.25, 0.3) is 0 Å². The van der Waals surface area contributed by atoms with Gasteiger partial charge in [0.1, 0.15) is 0 Å². The summed E-state index contributed by atoms with van der Waals surface area (Å²) < 4.78 is 0. The molecule has 0 saturated carbocycles. The van der Waals surface area contributed by atoms with Gasteiger partial charge in [-0.15, -0.1) is 0 Å². The van der Waals surface area contributed by atoms with Gasteiger partial charge in [0.2, 0.25) is 5.91 Å². The molecule has 0 heterocycles. The predicted octanol–water partition coefficient (Wildman–Crippen LogP) is -1.37. The number of carbonyl (C=O) groups is 2. The number of ketones is 1. The van der Waals surface area contributed by atoms with Crippen LogP contribution in [0.25, 0.3) is 0 Å². The molecule has 0 radical (unpaired) electrons. The maximum Gasteiger partial charge on any atom is 0.237 e. The molecule has 4 N–H and O–H groups in total. The molecule has 0 fully saturated rings. The molecule has 0 aromatic rings. The Morgan fingerprint density at radius 1 is 1.46 bits per heavy atom. The fourth-order valence-corrected chi connectivity index (χ4v) is 0.754. The fourth-order valence-electron chi connectivity index (χ4n) is 0.754. The molecule has 0 aliphatic carbocycles. The zero-order chi connectivity index (χ0) is 10.4. The summed E-state index contributed by atoms with van der Waals surface area (Å²) in [5, 5.41) is 5.31. The average Bonchev–Trinajstić information content (AvgIpc) is 2.11. The molecular formula is C8H17N3O2. The van der Waals surface area contributed by atoms with Gasteiger partial charge in [-0.25, -0.2) is 0 Å². The molecule has 0 saturated heterocycles. The number of nitrogens with two attached hydrogens (primary N) is 1. The molecule has 76 valence electrons. The first-order valence-electron chi connectivity index (χ1n) is 4.21. The van der Waals surface area contributed by atoms with Gasteiger partial charge in [0, 0.05) is 6.54 Å². The molecule has 0 spiro atoms.